The maximum absolute atomic E-state index is 12.5. The molecule has 3 rings (SSSR count). The molecule has 0 spiro atoms. The van der Waals surface area contributed by atoms with Crippen LogP contribution in [-0.2, 0) is 4.74 Å². The molecule has 6 nitrogen and oxygen atoms in total. The van der Waals surface area contributed by atoms with E-state index >= 15 is 0 Å². The van der Waals surface area contributed by atoms with Crippen LogP contribution < -0.4 is 5.30 Å². The van der Waals surface area contributed by atoms with Gasteiger partial charge < -0.3 is 4.74 Å². The number of ether oxygens (including phenoxy) is 1. The molecule has 1 unspecified atom stereocenters. The molecule has 0 amide bonds. The molecule has 3 radical (unpaired) electrons. The van der Waals surface area contributed by atoms with Crippen molar-refractivity contribution in [2.24, 2.45) is 0 Å². The molecule has 0 aliphatic carbocycles. The SMILES string of the molecule is [B-][P+](c1ccccc1)(N1CCC[C@H]1COC(=O)c1ccc([N+](=O)[O-])cc1)C(C)(C)C. The van der Waals surface area contributed by atoms with Crippen LogP contribution in [0, 0.1) is 10.1 Å². The zero-order valence-corrected chi connectivity index (χ0v) is 18.5. The standard InChI is InChI=1S/C22H27BN2O4P/c1-22(2,3)30(23,20-9-5-4-6-10-20)24-15-7-8-19(24)16-29-21(26)17-11-13-18(14-12-17)25(27)28/h4-6,9-14,19H,7-8,15-16H2,1-3H3/t19-,30?/m0/s1. The second-order valence-electron chi connectivity index (χ2n) is 8.55. The largest absolute Gasteiger partial charge is 0.460 e. The molecule has 0 saturated carbocycles. The van der Waals surface area contributed by atoms with Crippen LogP contribution in [0.2, 0.25) is 0 Å². The third-order valence-corrected chi connectivity index (χ3v) is 10.1. The van der Waals surface area contributed by atoms with E-state index in [1.165, 1.54) is 24.3 Å². The zero-order valence-electron chi connectivity index (χ0n) is 17.7. The number of benzene rings is 2. The number of nitro groups is 1. The van der Waals surface area contributed by atoms with E-state index in [0.29, 0.717) is 5.56 Å². The quantitative estimate of drug-likeness (QED) is 0.226. The fraction of sp³-hybridized carbons (Fsp3) is 0.409. The summed E-state index contributed by atoms with van der Waals surface area (Å²) in [6, 6.07) is 15.7. The average Bonchev–Trinajstić information content (AvgIpc) is 3.20. The van der Waals surface area contributed by atoms with Crippen molar-refractivity contribution >= 4 is 31.8 Å². The highest BCUT2D eigenvalue weighted by Gasteiger charge is 2.46. The van der Waals surface area contributed by atoms with Gasteiger partial charge in [-0.25, -0.2) is 9.46 Å². The summed E-state index contributed by atoms with van der Waals surface area (Å²) in [6.45, 7) is 7.64. The highest BCUT2D eigenvalue weighted by atomic mass is 31.2. The van der Waals surface area contributed by atoms with Crippen molar-refractivity contribution in [3.05, 3.63) is 70.3 Å². The van der Waals surface area contributed by atoms with Crippen LogP contribution >= 0.6 is 7.29 Å². The molecule has 1 saturated heterocycles. The summed E-state index contributed by atoms with van der Waals surface area (Å²) in [5.74, 6) is -0.479. The molecule has 0 N–H and O–H groups in total. The van der Waals surface area contributed by atoms with Crippen molar-refractivity contribution in [3.8, 4) is 0 Å². The summed E-state index contributed by atoms with van der Waals surface area (Å²) in [7, 11) is 5.00. The molecule has 30 heavy (non-hydrogen) atoms. The van der Waals surface area contributed by atoms with Crippen LogP contribution in [0.3, 0.4) is 0 Å². The number of rotatable bonds is 6. The molecule has 0 bridgehead atoms. The number of nitrogens with zero attached hydrogens (tertiary/aromatic N) is 2. The third-order valence-electron chi connectivity index (χ3n) is 5.64. The lowest BCUT2D eigenvalue weighted by molar-refractivity contribution is -0.384. The average molecular weight is 425 g/mol. The van der Waals surface area contributed by atoms with Crippen molar-refractivity contribution in [3.63, 3.8) is 0 Å². The van der Waals surface area contributed by atoms with Gasteiger partial charge in [0, 0.05) is 23.8 Å². The third kappa shape index (κ3) is 4.42. The molecule has 157 valence electrons. The number of carbonyl (C=O) groups is 1. The van der Waals surface area contributed by atoms with Crippen LogP contribution in [0.25, 0.3) is 0 Å². The van der Waals surface area contributed by atoms with Gasteiger partial charge in [-0.05, 0) is 57.9 Å². The maximum atomic E-state index is 12.5. The van der Waals surface area contributed by atoms with Gasteiger partial charge in [-0.3, -0.25) is 17.7 Å². The highest BCUT2D eigenvalue weighted by molar-refractivity contribution is 8.02. The minimum Gasteiger partial charge on any atom is -0.460 e. The van der Waals surface area contributed by atoms with E-state index in [-0.39, 0.29) is 23.5 Å². The van der Waals surface area contributed by atoms with E-state index in [2.05, 4.69) is 37.6 Å². The van der Waals surface area contributed by atoms with Gasteiger partial charge in [-0.15, -0.1) is 7.29 Å². The van der Waals surface area contributed by atoms with Crippen LogP contribution in [0.5, 0.6) is 0 Å². The predicted octanol–water partition coefficient (Wildman–Crippen LogP) is 4.36. The van der Waals surface area contributed by atoms with Gasteiger partial charge in [0.15, 0.2) is 0 Å². The minimum absolute atomic E-state index is 0.0461. The Balaban J connectivity index is 1.76. The Morgan fingerprint density at radius 3 is 2.40 bits per heavy atom. The highest BCUT2D eigenvalue weighted by Crippen LogP contribution is 2.68. The maximum Gasteiger partial charge on any atom is 0.338 e. The van der Waals surface area contributed by atoms with Gasteiger partial charge in [0.05, 0.1) is 21.8 Å². The first-order valence-corrected chi connectivity index (χ1v) is 11.9. The summed E-state index contributed by atoms with van der Waals surface area (Å²) in [6.07, 6.45) is 1.91. The van der Waals surface area contributed by atoms with Gasteiger partial charge >= 0.3 is 5.97 Å². The molecular weight excluding hydrogens is 398 g/mol. The monoisotopic (exact) mass is 425 g/mol. The van der Waals surface area contributed by atoms with E-state index in [4.69, 9.17) is 12.3 Å². The predicted molar refractivity (Wildman–Crippen MR) is 122 cm³/mol. The van der Waals surface area contributed by atoms with Crippen molar-refractivity contribution in [1.82, 2.24) is 4.67 Å². The first-order chi connectivity index (χ1) is 14.1. The minimum atomic E-state index is -2.19. The van der Waals surface area contributed by atoms with Crippen LogP contribution in [0.15, 0.2) is 54.6 Å². The van der Waals surface area contributed by atoms with E-state index < -0.39 is 18.2 Å². The number of hydrogen-bond acceptors (Lipinski definition) is 5. The Hall–Kier alpha value is -2.24. The Labute approximate surface area is 179 Å². The van der Waals surface area contributed by atoms with Gasteiger partial charge in [-0.1, -0.05) is 18.2 Å². The van der Waals surface area contributed by atoms with E-state index in [1.54, 1.807) is 0 Å². The fourth-order valence-electron chi connectivity index (χ4n) is 3.96. The second kappa shape index (κ2) is 8.87. The number of non-ortho nitro benzene ring substituents is 1. The molecule has 2 aromatic carbocycles. The topological polar surface area (TPSA) is 72.7 Å². The molecule has 1 heterocycles. The molecular formula is C22H27BN2O4P. The summed E-state index contributed by atoms with van der Waals surface area (Å²) in [4.78, 5) is 22.8. The van der Waals surface area contributed by atoms with Crippen molar-refractivity contribution in [1.29, 1.82) is 0 Å². The number of hydrogen-bond donors (Lipinski definition) is 0. The number of carbonyl (C=O) groups excluding carboxylic acids is 1. The molecule has 1 aliphatic rings. The lowest BCUT2D eigenvalue weighted by Crippen LogP contribution is -2.45. The smallest absolute Gasteiger partial charge is 0.338 e. The molecule has 8 heteroatoms. The van der Waals surface area contributed by atoms with Gasteiger partial charge in [0.25, 0.3) is 5.69 Å². The summed E-state index contributed by atoms with van der Waals surface area (Å²) in [5, 5.41) is 11.8. The Kier molecular flexibility index (Phi) is 6.64. The van der Waals surface area contributed by atoms with E-state index in [0.717, 1.165) is 24.7 Å². The first kappa shape index (κ1) is 22.5. The van der Waals surface area contributed by atoms with Crippen molar-refractivity contribution in [2.45, 2.75) is 44.8 Å². The number of esters is 1. The van der Waals surface area contributed by atoms with Gasteiger partial charge in [0.2, 0.25) is 0 Å². The number of nitro benzene ring substituents is 1. The Morgan fingerprint density at radius 2 is 1.83 bits per heavy atom. The van der Waals surface area contributed by atoms with Gasteiger partial charge in [-0.2, -0.15) is 0 Å². The van der Waals surface area contributed by atoms with Crippen LogP contribution in [0.1, 0.15) is 44.0 Å². The lowest BCUT2D eigenvalue weighted by Gasteiger charge is -2.54. The molecule has 0 aromatic heterocycles. The summed E-state index contributed by atoms with van der Waals surface area (Å²) >= 11 is 0. The molecule has 2 aromatic rings. The Bertz CT molecular complexity index is 902. The van der Waals surface area contributed by atoms with Crippen molar-refractivity contribution in [2.75, 3.05) is 13.2 Å². The zero-order chi connectivity index (χ0) is 21.9. The fourth-order valence-corrected chi connectivity index (χ4v) is 7.58. The van der Waals surface area contributed by atoms with E-state index in [9.17, 15) is 14.9 Å². The normalized spacial score (nSPS) is 19.3. The van der Waals surface area contributed by atoms with Crippen molar-refractivity contribution < 1.29 is 14.5 Å². The molecule has 1 aliphatic heterocycles. The molecule has 2 atom stereocenters. The van der Waals surface area contributed by atoms with Crippen LogP contribution in [-0.4, -0.2) is 47.5 Å². The summed E-state index contributed by atoms with van der Waals surface area (Å²) in [5.41, 5.74) is 0.247. The van der Waals surface area contributed by atoms with Gasteiger partial charge in [0.1, 0.15) is 6.61 Å². The molecule has 1 fully saturated rings. The lowest BCUT2D eigenvalue weighted by atomic mass is 10.2. The second-order valence-corrected chi connectivity index (χ2v) is 12.3. The van der Waals surface area contributed by atoms with Crippen LogP contribution in [0.4, 0.5) is 5.69 Å². The van der Waals surface area contributed by atoms with E-state index in [1.807, 2.05) is 18.2 Å². The Morgan fingerprint density at radius 1 is 1.20 bits per heavy atom. The first-order valence-electron chi connectivity index (χ1n) is 10.1. The summed E-state index contributed by atoms with van der Waals surface area (Å²) < 4.78 is 7.96.